The van der Waals surface area contributed by atoms with Crippen molar-refractivity contribution in [3.8, 4) is 0 Å². The van der Waals surface area contributed by atoms with Crippen molar-refractivity contribution >= 4 is 11.6 Å². The van der Waals surface area contributed by atoms with E-state index in [-0.39, 0.29) is 11.8 Å². The van der Waals surface area contributed by atoms with Crippen LogP contribution in [0.3, 0.4) is 0 Å². The van der Waals surface area contributed by atoms with Gasteiger partial charge in [-0.3, -0.25) is 9.89 Å². The number of rotatable bonds is 6. The number of aromatic amines is 1. The Morgan fingerprint density at radius 1 is 1.53 bits per heavy atom. The number of aromatic nitrogens is 4. The minimum absolute atomic E-state index is 0.0509. The summed E-state index contributed by atoms with van der Waals surface area (Å²) in [6.45, 7) is 4.01. The van der Waals surface area contributed by atoms with Crippen LogP contribution in [0.4, 0.5) is 5.69 Å². The van der Waals surface area contributed by atoms with Gasteiger partial charge in [-0.15, -0.1) is 0 Å². The predicted molar refractivity (Wildman–Crippen MR) is 68.5 cm³/mol. The molecule has 0 saturated carbocycles. The molecule has 7 heteroatoms. The average Bonchev–Trinajstić information content (AvgIpc) is 3.00. The van der Waals surface area contributed by atoms with Gasteiger partial charge >= 0.3 is 0 Å². The van der Waals surface area contributed by atoms with Crippen molar-refractivity contribution in [1.82, 2.24) is 20.3 Å². The molecule has 7 nitrogen and oxygen atoms in total. The molecule has 0 aromatic carbocycles. The van der Waals surface area contributed by atoms with Gasteiger partial charge in [0, 0.05) is 25.0 Å². The molecule has 2 N–H and O–H groups in total. The lowest BCUT2D eigenvalue weighted by atomic mass is 10.2. The van der Waals surface area contributed by atoms with Crippen LogP contribution in [-0.4, -0.2) is 26.2 Å². The number of nitrogens with one attached hydrogen (secondary N) is 2. The third-order valence-electron chi connectivity index (χ3n) is 2.58. The summed E-state index contributed by atoms with van der Waals surface area (Å²) in [6.07, 6.45) is 4.88. The van der Waals surface area contributed by atoms with Gasteiger partial charge in [-0.2, -0.15) is 10.1 Å². The normalized spacial score (nSPS) is 10.9. The standard InChI is InChI=1S/C12H17N5O2/c1-8(2)12-16-11(19-17-12)5-3-4-10(18)15-9-6-13-14-7-9/h6-8H,3-5H2,1-2H3,(H,13,14)(H,15,18). The maximum Gasteiger partial charge on any atom is 0.226 e. The zero-order chi connectivity index (χ0) is 13.7. The quantitative estimate of drug-likeness (QED) is 0.829. The summed E-state index contributed by atoms with van der Waals surface area (Å²) in [5.74, 6) is 1.49. The molecule has 0 saturated heterocycles. The summed E-state index contributed by atoms with van der Waals surface area (Å²) in [5.41, 5.74) is 0.671. The molecule has 19 heavy (non-hydrogen) atoms. The van der Waals surface area contributed by atoms with Crippen molar-refractivity contribution in [2.24, 2.45) is 0 Å². The van der Waals surface area contributed by atoms with E-state index in [2.05, 4.69) is 25.7 Å². The van der Waals surface area contributed by atoms with E-state index < -0.39 is 0 Å². The van der Waals surface area contributed by atoms with Crippen molar-refractivity contribution in [2.75, 3.05) is 5.32 Å². The van der Waals surface area contributed by atoms with Gasteiger partial charge in [-0.05, 0) is 6.42 Å². The summed E-state index contributed by atoms with van der Waals surface area (Å²) < 4.78 is 5.11. The first-order chi connectivity index (χ1) is 9.15. The Morgan fingerprint density at radius 3 is 3.00 bits per heavy atom. The van der Waals surface area contributed by atoms with Gasteiger partial charge in [0.1, 0.15) is 0 Å². The Bertz CT molecular complexity index is 518. The fourth-order valence-electron chi connectivity index (χ4n) is 1.55. The van der Waals surface area contributed by atoms with Gasteiger partial charge in [0.05, 0.1) is 11.9 Å². The lowest BCUT2D eigenvalue weighted by Crippen LogP contribution is -2.10. The van der Waals surface area contributed by atoms with E-state index in [1.165, 1.54) is 0 Å². The fraction of sp³-hybridized carbons (Fsp3) is 0.500. The average molecular weight is 263 g/mol. The maximum atomic E-state index is 11.6. The summed E-state index contributed by atoms with van der Waals surface area (Å²) in [6, 6.07) is 0. The molecule has 102 valence electrons. The van der Waals surface area contributed by atoms with Crippen LogP contribution in [0.15, 0.2) is 16.9 Å². The molecule has 0 bridgehead atoms. The van der Waals surface area contributed by atoms with Gasteiger partial charge in [-0.1, -0.05) is 19.0 Å². The van der Waals surface area contributed by atoms with Crippen LogP contribution in [0.2, 0.25) is 0 Å². The number of hydrogen-bond acceptors (Lipinski definition) is 5. The minimum atomic E-state index is -0.0509. The minimum Gasteiger partial charge on any atom is -0.339 e. The van der Waals surface area contributed by atoms with Crippen LogP contribution in [0.25, 0.3) is 0 Å². The van der Waals surface area contributed by atoms with Crippen LogP contribution in [0.1, 0.15) is 44.3 Å². The summed E-state index contributed by atoms with van der Waals surface area (Å²) in [7, 11) is 0. The van der Waals surface area contributed by atoms with Crippen LogP contribution in [0, 0.1) is 0 Å². The number of anilines is 1. The maximum absolute atomic E-state index is 11.6. The second kappa shape index (κ2) is 6.12. The molecule has 2 aromatic heterocycles. The molecular formula is C12H17N5O2. The number of hydrogen-bond donors (Lipinski definition) is 2. The molecule has 0 unspecified atom stereocenters. The number of nitrogens with zero attached hydrogens (tertiary/aromatic N) is 3. The number of aryl methyl sites for hydroxylation is 1. The fourth-order valence-corrected chi connectivity index (χ4v) is 1.55. The van der Waals surface area contributed by atoms with Crippen molar-refractivity contribution in [3.05, 3.63) is 24.1 Å². The summed E-state index contributed by atoms with van der Waals surface area (Å²) >= 11 is 0. The van der Waals surface area contributed by atoms with Crippen molar-refractivity contribution < 1.29 is 9.32 Å². The van der Waals surface area contributed by atoms with Gasteiger partial charge in [0.15, 0.2) is 5.82 Å². The van der Waals surface area contributed by atoms with Crippen LogP contribution >= 0.6 is 0 Å². The molecule has 0 aliphatic heterocycles. The molecule has 2 rings (SSSR count). The van der Waals surface area contributed by atoms with Crippen molar-refractivity contribution in [3.63, 3.8) is 0 Å². The Morgan fingerprint density at radius 2 is 2.37 bits per heavy atom. The highest BCUT2D eigenvalue weighted by Gasteiger charge is 2.10. The number of carbonyl (C=O) groups is 1. The highest BCUT2D eigenvalue weighted by Crippen LogP contribution is 2.11. The first-order valence-electron chi connectivity index (χ1n) is 6.26. The second-order valence-corrected chi connectivity index (χ2v) is 4.59. The molecule has 1 amide bonds. The molecule has 0 aliphatic rings. The van der Waals surface area contributed by atoms with E-state index in [1.54, 1.807) is 12.4 Å². The van der Waals surface area contributed by atoms with E-state index >= 15 is 0 Å². The van der Waals surface area contributed by atoms with E-state index in [1.807, 2.05) is 13.8 Å². The summed E-state index contributed by atoms with van der Waals surface area (Å²) in [4.78, 5) is 15.9. The lowest BCUT2D eigenvalue weighted by molar-refractivity contribution is -0.116. The number of amides is 1. The third kappa shape index (κ3) is 3.90. The topological polar surface area (TPSA) is 96.7 Å². The number of carbonyl (C=O) groups excluding carboxylic acids is 1. The third-order valence-corrected chi connectivity index (χ3v) is 2.58. The van der Waals surface area contributed by atoms with E-state index in [0.717, 1.165) is 0 Å². The smallest absolute Gasteiger partial charge is 0.226 e. The Labute approximate surface area is 110 Å². The lowest BCUT2D eigenvalue weighted by Gasteiger charge is -2.00. The zero-order valence-electron chi connectivity index (χ0n) is 11.0. The van der Waals surface area contributed by atoms with Crippen LogP contribution in [0.5, 0.6) is 0 Å². The molecule has 2 aromatic rings. The molecule has 0 aliphatic carbocycles. The van der Waals surface area contributed by atoms with E-state index in [4.69, 9.17) is 4.52 Å². The van der Waals surface area contributed by atoms with E-state index in [9.17, 15) is 4.79 Å². The molecule has 0 spiro atoms. The summed E-state index contributed by atoms with van der Waals surface area (Å²) in [5, 5.41) is 13.0. The largest absolute Gasteiger partial charge is 0.339 e. The predicted octanol–water partition coefficient (Wildman–Crippen LogP) is 1.88. The monoisotopic (exact) mass is 263 g/mol. The molecule has 2 heterocycles. The molecule has 0 radical (unpaired) electrons. The molecule has 0 fully saturated rings. The Balaban J connectivity index is 1.72. The van der Waals surface area contributed by atoms with Crippen molar-refractivity contribution in [1.29, 1.82) is 0 Å². The van der Waals surface area contributed by atoms with Crippen LogP contribution < -0.4 is 5.32 Å². The van der Waals surface area contributed by atoms with Gasteiger partial charge < -0.3 is 9.84 Å². The van der Waals surface area contributed by atoms with Gasteiger partial charge in [0.2, 0.25) is 11.8 Å². The first-order valence-corrected chi connectivity index (χ1v) is 6.26. The van der Waals surface area contributed by atoms with Gasteiger partial charge in [-0.25, -0.2) is 0 Å². The number of H-pyrrole nitrogens is 1. The van der Waals surface area contributed by atoms with Crippen molar-refractivity contribution in [2.45, 2.75) is 39.0 Å². The molecule has 0 atom stereocenters. The van der Waals surface area contributed by atoms with Crippen LogP contribution in [-0.2, 0) is 11.2 Å². The highest BCUT2D eigenvalue weighted by molar-refractivity contribution is 5.90. The first kappa shape index (κ1) is 13.3. The second-order valence-electron chi connectivity index (χ2n) is 4.59. The van der Waals surface area contributed by atoms with E-state index in [0.29, 0.717) is 36.7 Å². The highest BCUT2D eigenvalue weighted by atomic mass is 16.5. The Hall–Kier alpha value is -2.18. The van der Waals surface area contributed by atoms with Gasteiger partial charge in [0.25, 0.3) is 0 Å². The zero-order valence-corrected chi connectivity index (χ0v) is 11.0. The molecular weight excluding hydrogens is 246 g/mol. The SMILES string of the molecule is CC(C)c1noc(CCCC(=O)Nc2cn[nH]c2)n1. The Kier molecular flexibility index (Phi) is 4.27.